The van der Waals surface area contributed by atoms with E-state index in [0.717, 1.165) is 12.0 Å². The van der Waals surface area contributed by atoms with Gasteiger partial charge in [0.05, 0.1) is 17.9 Å². The van der Waals surface area contributed by atoms with Crippen LogP contribution in [0.5, 0.6) is 0 Å². The van der Waals surface area contributed by atoms with Crippen molar-refractivity contribution < 1.29 is 9.21 Å². The highest BCUT2D eigenvalue weighted by atomic mass is 16.3. The van der Waals surface area contributed by atoms with E-state index in [1.807, 2.05) is 6.92 Å². The van der Waals surface area contributed by atoms with E-state index in [-0.39, 0.29) is 11.9 Å². The van der Waals surface area contributed by atoms with Crippen LogP contribution in [-0.4, -0.2) is 5.91 Å². The molecule has 1 atom stereocenters. The van der Waals surface area contributed by atoms with E-state index >= 15 is 0 Å². The third kappa shape index (κ3) is 3.05. The van der Waals surface area contributed by atoms with Crippen molar-refractivity contribution in [2.45, 2.75) is 33.2 Å². The molecule has 0 aliphatic heterocycles. The molecule has 2 aromatic rings. The Bertz CT molecular complexity index is 554. The molecule has 19 heavy (non-hydrogen) atoms. The van der Waals surface area contributed by atoms with Crippen molar-refractivity contribution in [2.24, 2.45) is 0 Å². The van der Waals surface area contributed by atoms with Crippen molar-refractivity contribution >= 4 is 5.91 Å². The Kier molecular flexibility index (Phi) is 4.05. The second kappa shape index (κ2) is 5.74. The number of hydrogen-bond donors (Lipinski definition) is 1. The minimum atomic E-state index is -0.0988. The van der Waals surface area contributed by atoms with Gasteiger partial charge in [0, 0.05) is 0 Å². The molecule has 1 aromatic carbocycles. The summed E-state index contributed by atoms with van der Waals surface area (Å²) in [5.41, 5.74) is 3.00. The zero-order valence-corrected chi connectivity index (χ0v) is 11.6. The number of nitrogens with one attached hydrogen (secondary N) is 1. The topological polar surface area (TPSA) is 42.2 Å². The van der Waals surface area contributed by atoms with Crippen LogP contribution in [0, 0.1) is 6.92 Å². The van der Waals surface area contributed by atoms with Gasteiger partial charge >= 0.3 is 0 Å². The SMILES string of the molecule is CCc1ccc([C@@H](C)NC(=O)c2ccoc2C)cc1. The molecule has 0 radical (unpaired) electrons. The largest absolute Gasteiger partial charge is 0.469 e. The molecular formula is C16H19NO2. The molecule has 0 aliphatic carbocycles. The molecule has 0 unspecified atom stereocenters. The molecule has 1 N–H and O–H groups in total. The van der Waals surface area contributed by atoms with Crippen LogP contribution in [0.15, 0.2) is 41.0 Å². The highest BCUT2D eigenvalue weighted by Crippen LogP contribution is 2.16. The van der Waals surface area contributed by atoms with Gasteiger partial charge in [-0.3, -0.25) is 4.79 Å². The highest BCUT2D eigenvalue weighted by molar-refractivity contribution is 5.95. The first kappa shape index (κ1) is 13.4. The zero-order valence-electron chi connectivity index (χ0n) is 11.6. The molecule has 0 aliphatic rings. The average Bonchev–Trinajstić information content (AvgIpc) is 2.85. The van der Waals surface area contributed by atoms with Crippen LogP contribution < -0.4 is 5.32 Å². The normalized spacial score (nSPS) is 12.2. The van der Waals surface area contributed by atoms with Crippen molar-refractivity contribution in [3.63, 3.8) is 0 Å². The van der Waals surface area contributed by atoms with Gasteiger partial charge in [-0.2, -0.15) is 0 Å². The van der Waals surface area contributed by atoms with E-state index < -0.39 is 0 Å². The molecule has 2 rings (SSSR count). The fraction of sp³-hybridized carbons (Fsp3) is 0.312. The van der Waals surface area contributed by atoms with E-state index in [4.69, 9.17) is 4.42 Å². The van der Waals surface area contributed by atoms with Crippen LogP contribution in [0.25, 0.3) is 0 Å². The summed E-state index contributed by atoms with van der Waals surface area (Å²) >= 11 is 0. The summed E-state index contributed by atoms with van der Waals surface area (Å²) in [6.07, 6.45) is 2.56. The fourth-order valence-corrected chi connectivity index (χ4v) is 2.02. The van der Waals surface area contributed by atoms with Crippen LogP contribution >= 0.6 is 0 Å². The Hall–Kier alpha value is -2.03. The fourth-order valence-electron chi connectivity index (χ4n) is 2.02. The zero-order chi connectivity index (χ0) is 13.8. The van der Waals surface area contributed by atoms with Gasteiger partial charge in [-0.1, -0.05) is 31.2 Å². The summed E-state index contributed by atoms with van der Waals surface area (Å²) in [4.78, 5) is 12.1. The average molecular weight is 257 g/mol. The Morgan fingerprint density at radius 2 is 1.95 bits per heavy atom. The van der Waals surface area contributed by atoms with E-state index in [1.54, 1.807) is 13.0 Å². The molecule has 0 spiro atoms. The number of carbonyl (C=O) groups excluding carboxylic acids is 1. The van der Waals surface area contributed by atoms with Crippen molar-refractivity contribution in [1.82, 2.24) is 5.32 Å². The van der Waals surface area contributed by atoms with Crippen molar-refractivity contribution in [3.8, 4) is 0 Å². The molecule has 0 bridgehead atoms. The van der Waals surface area contributed by atoms with Crippen molar-refractivity contribution in [2.75, 3.05) is 0 Å². The lowest BCUT2D eigenvalue weighted by Gasteiger charge is -2.14. The predicted molar refractivity (Wildman–Crippen MR) is 75.1 cm³/mol. The maximum atomic E-state index is 12.1. The van der Waals surface area contributed by atoms with E-state index in [0.29, 0.717) is 11.3 Å². The first-order chi connectivity index (χ1) is 9.11. The molecule has 1 heterocycles. The highest BCUT2D eigenvalue weighted by Gasteiger charge is 2.14. The quantitative estimate of drug-likeness (QED) is 0.908. The Morgan fingerprint density at radius 1 is 1.26 bits per heavy atom. The lowest BCUT2D eigenvalue weighted by molar-refractivity contribution is 0.0938. The summed E-state index contributed by atoms with van der Waals surface area (Å²) < 4.78 is 5.14. The molecule has 0 saturated carbocycles. The number of rotatable bonds is 4. The van der Waals surface area contributed by atoms with Crippen molar-refractivity contribution in [3.05, 3.63) is 59.0 Å². The smallest absolute Gasteiger partial charge is 0.255 e. The Morgan fingerprint density at radius 3 is 2.47 bits per heavy atom. The van der Waals surface area contributed by atoms with Gasteiger partial charge in [0.2, 0.25) is 0 Å². The molecule has 0 saturated heterocycles. The van der Waals surface area contributed by atoms with E-state index in [2.05, 4.69) is 36.5 Å². The van der Waals surface area contributed by atoms with Gasteiger partial charge < -0.3 is 9.73 Å². The molecular weight excluding hydrogens is 238 g/mol. The molecule has 0 fully saturated rings. The molecule has 1 amide bonds. The number of carbonyl (C=O) groups is 1. The molecule has 1 aromatic heterocycles. The van der Waals surface area contributed by atoms with Crippen LogP contribution in [0.2, 0.25) is 0 Å². The number of aryl methyl sites for hydroxylation is 2. The summed E-state index contributed by atoms with van der Waals surface area (Å²) in [7, 11) is 0. The van der Waals surface area contributed by atoms with Gasteiger partial charge in [0.15, 0.2) is 0 Å². The summed E-state index contributed by atoms with van der Waals surface area (Å²) in [6.45, 7) is 5.89. The number of furan rings is 1. The third-order valence-corrected chi connectivity index (χ3v) is 3.34. The van der Waals surface area contributed by atoms with E-state index in [9.17, 15) is 4.79 Å². The Balaban J connectivity index is 2.06. The van der Waals surface area contributed by atoms with Gasteiger partial charge in [-0.05, 0) is 37.5 Å². The monoisotopic (exact) mass is 257 g/mol. The van der Waals surface area contributed by atoms with Gasteiger partial charge in [0.1, 0.15) is 5.76 Å². The predicted octanol–water partition coefficient (Wildman–Crippen LogP) is 3.64. The third-order valence-electron chi connectivity index (χ3n) is 3.34. The van der Waals surface area contributed by atoms with Gasteiger partial charge in [-0.15, -0.1) is 0 Å². The minimum Gasteiger partial charge on any atom is -0.469 e. The van der Waals surface area contributed by atoms with Crippen molar-refractivity contribution in [1.29, 1.82) is 0 Å². The van der Waals surface area contributed by atoms with E-state index in [1.165, 1.54) is 11.8 Å². The second-order valence-corrected chi connectivity index (χ2v) is 4.68. The summed E-state index contributed by atoms with van der Waals surface area (Å²) in [5, 5.41) is 2.98. The standard InChI is InChI=1S/C16H19NO2/c1-4-13-5-7-14(8-6-13)11(2)17-16(18)15-9-10-19-12(15)3/h5-11H,4H2,1-3H3,(H,17,18)/t11-/m1/s1. The Labute approximate surface area is 113 Å². The maximum Gasteiger partial charge on any atom is 0.255 e. The molecule has 3 nitrogen and oxygen atoms in total. The summed E-state index contributed by atoms with van der Waals surface area (Å²) in [6, 6.07) is 9.99. The van der Waals surface area contributed by atoms with Crippen LogP contribution in [0.1, 0.15) is 47.1 Å². The maximum absolute atomic E-state index is 12.1. The van der Waals surface area contributed by atoms with Gasteiger partial charge in [0.25, 0.3) is 5.91 Å². The second-order valence-electron chi connectivity index (χ2n) is 4.68. The lowest BCUT2D eigenvalue weighted by atomic mass is 10.0. The molecule has 100 valence electrons. The minimum absolute atomic E-state index is 0.0206. The lowest BCUT2D eigenvalue weighted by Crippen LogP contribution is -2.26. The number of benzene rings is 1. The van der Waals surface area contributed by atoms with Crippen LogP contribution in [-0.2, 0) is 6.42 Å². The van der Waals surface area contributed by atoms with Gasteiger partial charge in [-0.25, -0.2) is 0 Å². The summed E-state index contributed by atoms with van der Waals surface area (Å²) in [5.74, 6) is 0.546. The van der Waals surface area contributed by atoms with Crippen LogP contribution in [0.4, 0.5) is 0 Å². The number of hydrogen-bond acceptors (Lipinski definition) is 2. The number of amides is 1. The molecule has 3 heteroatoms. The first-order valence-corrected chi connectivity index (χ1v) is 6.55. The first-order valence-electron chi connectivity index (χ1n) is 6.55. The van der Waals surface area contributed by atoms with Crippen LogP contribution in [0.3, 0.4) is 0 Å².